The summed E-state index contributed by atoms with van der Waals surface area (Å²) in [5.74, 6) is 0. The maximum Gasteiger partial charge on any atom is 0.416 e. The first-order chi connectivity index (χ1) is 10.8. The Morgan fingerprint density at radius 3 is 2.70 bits per heavy atom. The number of alkyl halides is 3. The molecular formula is C14H14F3N3O2S. The summed E-state index contributed by atoms with van der Waals surface area (Å²) in [7, 11) is -3.95. The van der Waals surface area contributed by atoms with Crippen LogP contribution in [0.5, 0.6) is 0 Å². The molecule has 0 amide bonds. The second kappa shape index (κ2) is 5.26. The summed E-state index contributed by atoms with van der Waals surface area (Å²) >= 11 is 0. The molecule has 1 aliphatic heterocycles. The van der Waals surface area contributed by atoms with Gasteiger partial charge in [-0.05, 0) is 31.0 Å². The van der Waals surface area contributed by atoms with Crippen molar-refractivity contribution in [2.24, 2.45) is 0 Å². The predicted molar refractivity (Wildman–Crippen MR) is 77.6 cm³/mol. The zero-order valence-electron chi connectivity index (χ0n) is 12.2. The molecule has 0 saturated heterocycles. The first kappa shape index (κ1) is 15.9. The van der Waals surface area contributed by atoms with Gasteiger partial charge in [0.25, 0.3) is 10.0 Å². The molecule has 124 valence electrons. The minimum absolute atomic E-state index is 0.0142. The minimum atomic E-state index is -4.50. The summed E-state index contributed by atoms with van der Waals surface area (Å²) in [4.78, 5) is 3.82. The van der Waals surface area contributed by atoms with Gasteiger partial charge in [-0.25, -0.2) is 4.98 Å². The van der Waals surface area contributed by atoms with Crippen LogP contribution in [0.2, 0.25) is 0 Å². The predicted octanol–water partition coefficient (Wildman–Crippen LogP) is 2.67. The summed E-state index contributed by atoms with van der Waals surface area (Å²) < 4.78 is 67.3. The molecule has 3 rings (SSSR count). The number of hydrogen-bond acceptors (Lipinski definition) is 3. The fourth-order valence-corrected chi connectivity index (χ4v) is 4.45. The molecule has 1 aromatic heterocycles. The molecule has 0 N–H and O–H groups in total. The van der Waals surface area contributed by atoms with Gasteiger partial charge < -0.3 is 4.57 Å². The lowest BCUT2D eigenvalue weighted by atomic mass is 10.0. The fraction of sp³-hybridized carbons (Fsp3) is 0.357. The number of benzene rings is 1. The van der Waals surface area contributed by atoms with Crippen molar-refractivity contribution in [3.63, 3.8) is 0 Å². The molecule has 5 nitrogen and oxygen atoms in total. The SMILES string of the molecule is CCn1cncc1S(=O)(=O)N1CCc2c1cccc2C(F)(F)F. The van der Waals surface area contributed by atoms with Crippen LogP contribution >= 0.6 is 0 Å². The summed E-state index contributed by atoms with van der Waals surface area (Å²) in [6.07, 6.45) is -1.87. The third-order valence-corrected chi connectivity index (χ3v) is 5.69. The van der Waals surface area contributed by atoms with Crippen LogP contribution in [-0.4, -0.2) is 24.5 Å². The van der Waals surface area contributed by atoms with Gasteiger partial charge in [-0.3, -0.25) is 4.31 Å². The van der Waals surface area contributed by atoms with Gasteiger partial charge in [0.15, 0.2) is 5.03 Å². The van der Waals surface area contributed by atoms with Crippen molar-refractivity contribution in [1.82, 2.24) is 9.55 Å². The van der Waals surface area contributed by atoms with E-state index in [0.29, 0.717) is 6.54 Å². The Balaban J connectivity index is 2.10. The Kier molecular flexibility index (Phi) is 3.62. The average Bonchev–Trinajstić information content (AvgIpc) is 3.12. The summed E-state index contributed by atoms with van der Waals surface area (Å²) in [6.45, 7) is 2.15. The first-order valence-corrected chi connectivity index (χ1v) is 8.42. The van der Waals surface area contributed by atoms with Crippen LogP contribution in [-0.2, 0) is 29.2 Å². The van der Waals surface area contributed by atoms with Crippen LogP contribution in [0, 0.1) is 0 Å². The van der Waals surface area contributed by atoms with Gasteiger partial charge in [-0.1, -0.05) is 6.07 Å². The molecule has 9 heteroatoms. The topological polar surface area (TPSA) is 55.2 Å². The van der Waals surface area contributed by atoms with Crippen LogP contribution in [0.15, 0.2) is 35.7 Å². The van der Waals surface area contributed by atoms with Crippen molar-refractivity contribution in [2.45, 2.75) is 31.1 Å². The zero-order chi connectivity index (χ0) is 16.8. The molecule has 2 heterocycles. The van der Waals surface area contributed by atoms with Crippen molar-refractivity contribution in [2.75, 3.05) is 10.8 Å². The Hall–Kier alpha value is -2.03. The Morgan fingerprint density at radius 1 is 1.30 bits per heavy atom. The van der Waals surface area contributed by atoms with E-state index in [0.717, 1.165) is 10.4 Å². The van der Waals surface area contributed by atoms with E-state index in [1.54, 1.807) is 6.92 Å². The van der Waals surface area contributed by atoms with Gasteiger partial charge in [0, 0.05) is 13.1 Å². The lowest BCUT2D eigenvalue weighted by molar-refractivity contribution is -0.138. The van der Waals surface area contributed by atoms with Crippen molar-refractivity contribution in [3.05, 3.63) is 41.9 Å². The molecule has 2 aromatic rings. The van der Waals surface area contributed by atoms with Gasteiger partial charge in [-0.15, -0.1) is 0 Å². The van der Waals surface area contributed by atoms with E-state index in [4.69, 9.17) is 0 Å². The standard InChI is InChI=1S/C14H14F3N3O2S/c1-2-19-9-18-8-13(19)23(21,22)20-7-6-10-11(14(15,16)17)4-3-5-12(10)20/h3-5,8-9H,2,6-7H2,1H3. The minimum Gasteiger partial charge on any atom is -0.320 e. The number of sulfonamides is 1. The third kappa shape index (κ3) is 2.48. The van der Waals surface area contributed by atoms with Crippen LogP contribution in [0.3, 0.4) is 0 Å². The highest BCUT2D eigenvalue weighted by Gasteiger charge is 2.40. The van der Waals surface area contributed by atoms with Crippen molar-refractivity contribution >= 4 is 15.7 Å². The first-order valence-electron chi connectivity index (χ1n) is 6.98. The molecule has 1 aromatic carbocycles. The van der Waals surface area contributed by atoms with Gasteiger partial charge in [0.1, 0.15) is 0 Å². The zero-order valence-corrected chi connectivity index (χ0v) is 13.0. The lowest BCUT2D eigenvalue weighted by Gasteiger charge is -2.20. The molecule has 1 aliphatic rings. The molecule has 0 bridgehead atoms. The number of aromatic nitrogens is 2. The van der Waals surface area contributed by atoms with Crippen molar-refractivity contribution < 1.29 is 21.6 Å². The molecule has 0 fully saturated rings. The number of anilines is 1. The number of imidazole rings is 1. The van der Waals surface area contributed by atoms with Gasteiger partial charge in [-0.2, -0.15) is 21.6 Å². The number of hydrogen-bond donors (Lipinski definition) is 0. The van der Waals surface area contributed by atoms with E-state index in [9.17, 15) is 21.6 Å². The Morgan fingerprint density at radius 2 is 2.04 bits per heavy atom. The maximum absolute atomic E-state index is 13.1. The van der Waals surface area contributed by atoms with Gasteiger partial charge in [0.05, 0.1) is 23.8 Å². The second-order valence-corrected chi connectivity index (χ2v) is 6.96. The van der Waals surface area contributed by atoms with E-state index in [1.807, 2.05) is 0 Å². The average molecular weight is 345 g/mol. The highest BCUT2D eigenvalue weighted by Crippen LogP contribution is 2.41. The number of halogens is 3. The molecular weight excluding hydrogens is 331 g/mol. The van der Waals surface area contributed by atoms with Gasteiger partial charge >= 0.3 is 6.18 Å². The molecule has 0 unspecified atom stereocenters. The molecule has 0 saturated carbocycles. The third-order valence-electron chi connectivity index (χ3n) is 3.86. The van der Waals surface area contributed by atoms with Crippen molar-refractivity contribution in [1.29, 1.82) is 0 Å². The Bertz CT molecular complexity index is 843. The highest BCUT2D eigenvalue weighted by molar-refractivity contribution is 7.92. The van der Waals surface area contributed by atoms with E-state index in [-0.39, 0.29) is 29.2 Å². The van der Waals surface area contributed by atoms with E-state index in [2.05, 4.69) is 4.98 Å². The normalized spacial score (nSPS) is 15.0. The van der Waals surface area contributed by atoms with Gasteiger partial charge in [0.2, 0.25) is 0 Å². The number of fused-ring (bicyclic) bond motifs is 1. The van der Waals surface area contributed by atoms with Crippen LogP contribution in [0.25, 0.3) is 0 Å². The van der Waals surface area contributed by atoms with Crippen LogP contribution in [0.4, 0.5) is 18.9 Å². The van der Waals surface area contributed by atoms with E-state index in [1.165, 1.54) is 29.2 Å². The van der Waals surface area contributed by atoms with Crippen molar-refractivity contribution in [3.8, 4) is 0 Å². The molecule has 0 atom stereocenters. The fourth-order valence-electron chi connectivity index (χ4n) is 2.79. The molecule has 0 radical (unpaired) electrons. The number of rotatable bonds is 3. The molecule has 0 aliphatic carbocycles. The maximum atomic E-state index is 13.1. The molecule has 23 heavy (non-hydrogen) atoms. The monoisotopic (exact) mass is 345 g/mol. The Labute approximate surface area is 131 Å². The van der Waals surface area contributed by atoms with E-state index >= 15 is 0 Å². The van der Waals surface area contributed by atoms with Crippen LogP contribution < -0.4 is 4.31 Å². The van der Waals surface area contributed by atoms with E-state index < -0.39 is 21.8 Å². The molecule has 0 spiro atoms. The van der Waals surface area contributed by atoms with Crippen LogP contribution in [0.1, 0.15) is 18.1 Å². The largest absolute Gasteiger partial charge is 0.416 e. The highest BCUT2D eigenvalue weighted by atomic mass is 32.2. The summed E-state index contributed by atoms with van der Waals surface area (Å²) in [5, 5.41) is -0.0229. The summed E-state index contributed by atoms with van der Waals surface area (Å²) in [5.41, 5.74) is -0.675. The summed E-state index contributed by atoms with van der Waals surface area (Å²) in [6, 6.07) is 3.61. The quantitative estimate of drug-likeness (QED) is 0.859. The smallest absolute Gasteiger partial charge is 0.320 e. The number of aryl methyl sites for hydroxylation is 1. The second-order valence-electron chi connectivity index (χ2n) is 5.15. The lowest BCUT2D eigenvalue weighted by Crippen LogP contribution is -2.30. The number of nitrogens with zero attached hydrogens (tertiary/aromatic N) is 3.